The van der Waals surface area contributed by atoms with E-state index in [1.807, 2.05) is 13.0 Å². The van der Waals surface area contributed by atoms with E-state index in [-0.39, 0.29) is 0 Å². The monoisotopic (exact) mass is 274 g/mol. The van der Waals surface area contributed by atoms with Gasteiger partial charge in [-0.25, -0.2) is 15.8 Å². The van der Waals surface area contributed by atoms with Crippen LogP contribution in [0.25, 0.3) is 21.6 Å². The molecule has 0 spiro atoms. The molecule has 0 bridgehead atoms. The van der Waals surface area contributed by atoms with Crippen LogP contribution in [0.1, 0.15) is 17.6 Å². The van der Waals surface area contributed by atoms with E-state index in [0.717, 1.165) is 28.0 Å². The summed E-state index contributed by atoms with van der Waals surface area (Å²) in [6, 6.07) is 3.95. The quantitative estimate of drug-likeness (QED) is 0.567. The largest absolute Gasteiger partial charge is 0.469 e. The molecule has 0 aliphatic rings. The second-order valence-corrected chi connectivity index (χ2v) is 5.33. The second kappa shape index (κ2) is 4.64. The van der Waals surface area contributed by atoms with Crippen LogP contribution in [0.4, 0.5) is 5.82 Å². The molecule has 0 fully saturated rings. The van der Waals surface area contributed by atoms with Gasteiger partial charge in [0.2, 0.25) is 0 Å². The van der Waals surface area contributed by atoms with Gasteiger partial charge in [-0.1, -0.05) is 6.92 Å². The molecule has 98 valence electrons. The van der Waals surface area contributed by atoms with Crippen molar-refractivity contribution in [1.29, 1.82) is 0 Å². The molecule has 3 aromatic heterocycles. The topological polar surface area (TPSA) is 77.0 Å². The van der Waals surface area contributed by atoms with E-state index in [2.05, 4.69) is 28.4 Å². The van der Waals surface area contributed by atoms with Gasteiger partial charge >= 0.3 is 0 Å². The number of hydrogen-bond acceptors (Lipinski definition) is 6. The van der Waals surface area contributed by atoms with Crippen molar-refractivity contribution >= 4 is 27.4 Å². The van der Waals surface area contributed by atoms with E-state index >= 15 is 0 Å². The van der Waals surface area contributed by atoms with Crippen molar-refractivity contribution in [1.82, 2.24) is 9.97 Å². The van der Waals surface area contributed by atoms with Gasteiger partial charge in [0.1, 0.15) is 10.6 Å². The molecule has 0 aliphatic heterocycles. The molecule has 0 saturated carbocycles. The Labute approximate surface area is 114 Å². The Bertz CT molecular complexity index is 731. The molecule has 0 unspecified atom stereocenters. The summed E-state index contributed by atoms with van der Waals surface area (Å²) >= 11 is 1.67. The third-order valence-electron chi connectivity index (χ3n) is 3.03. The first-order valence-electron chi connectivity index (χ1n) is 6.04. The summed E-state index contributed by atoms with van der Waals surface area (Å²) in [6.07, 6.45) is 2.62. The number of hydrogen-bond donors (Lipinski definition) is 2. The molecule has 0 aliphatic carbocycles. The fourth-order valence-electron chi connectivity index (χ4n) is 1.99. The lowest BCUT2D eigenvalue weighted by Gasteiger charge is -2.04. The van der Waals surface area contributed by atoms with Crippen LogP contribution in [0.3, 0.4) is 0 Å². The zero-order valence-electron chi connectivity index (χ0n) is 10.7. The van der Waals surface area contributed by atoms with E-state index < -0.39 is 0 Å². The number of aromatic nitrogens is 2. The van der Waals surface area contributed by atoms with Gasteiger partial charge < -0.3 is 9.84 Å². The van der Waals surface area contributed by atoms with Crippen molar-refractivity contribution in [3.05, 3.63) is 29.0 Å². The number of furan rings is 1. The molecular weight excluding hydrogens is 260 g/mol. The third-order valence-corrected chi connectivity index (χ3v) is 4.20. The van der Waals surface area contributed by atoms with Crippen LogP contribution in [0.5, 0.6) is 0 Å². The number of hydrazine groups is 1. The number of fused-ring (bicyclic) bond motifs is 1. The number of nitrogens with one attached hydrogen (secondary N) is 1. The van der Waals surface area contributed by atoms with Crippen LogP contribution in [0.2, 0.25) is 0 Å². The van der Waals surface area contributed by atoms with Gasteiger partial charge in [0.15, 0.2) is 11.6 Å². The maximum Gasteiger partial charge on any atom is 0.166 e. The number of nitrogens with two attached hydrogens (primary N) is 1. The zero-order valence-corrected chi connectivity index (χ0v) is 11.5. The van der Waals surface area contributed by atoms with Gasteiger partial charge in [-0.3, -0.25) is 0 Å². The summed E-state index contributed by atoms with van der Waals surface area (Å²) in [7, 11) is 0. The van der Waals surface area contributed by atoms with Crippen molar-refractivity contribution in [3.8, 4) is 11.4 Å². The van der Waals surface area contributed by atoms with Gasteiger partial charge in [-0.2, -0.15) is 0 Å². The van der Waals surface area contributed by atoms with Gasteiger partial charge in [0.25, 0.3) is 0 Å². The third kappa shape index (κ3) is 1.98. The van der Waals surface area contributed by atoms with Gasteiger partial charge in [0, 0.05) is 4.88 Å². The number of thiophene rings is 1. The van der Waals surface area contributed by atoms with E-state index in [9.17, 15) is 0 Å². The lowest BCUT2D eigenvalue weighted by atomic mass is 10.2. The van der Waals surface area contributed by atoms with Crippen molar-refractivity contribution in [2.45, 2.75) is 20.3 Å². The van der Waals surface area contributed by atoms with Gasteiger partial charge in [0.05, 0.1) is 17.2 Å². The Hall–Kier alpha value is -1.92. The minimum atomic E-state index is 0.635. The first-order chi connectivity index (χ1) is 9.22. The summed E-state index contributed by atoms with van der Waals surface area (Å²) in [6.45, 7) is 4.01. The van der Waals surface area contributed by atoms with Crippen molar-refractivity contribution in [2.75, 3.05) is 5.43 Å². The lowest BCUT2D eigenvalue weighted by Crippen LogP contribution is -2.09. The maximum atomic E-state index is 5.57. The fraction of sp³-hybridized carbons (Fsp3) is 0.231. The Morgan fingerprint density at radius 3 is 2.89 bits per heavy atom. The molecule has 3 rings (SSSR count). The van der Waals surface area contributed by atoms with Gasteiger partial charge in [-0.05, 0) is 25.5 Å². The summed E-state index contributed by atoms with van der Waals surface area (Å²) < 4.78 is 5.30. The summed E-state index contributed by atoms with van der Waals surface area (Å²) in [5.41, 5.74) is 3.55. The molecule has 3 heterocycles. The Balaban J connectivity index is 2.25. The predicted octanol–water partition coefficient (Wildman–Crippen LogP) is 3.11. The number of aryl methyl sites for hydroxylation is 2. The molecule has 6 heteroatoms. The first-order valence-corrected chi connectivity index (χ1v) is 6.86. The zero-order chi connectivity index (χ0) is 13.4. The molecule has 0 aromatic carbocycles. The first kappa shape index (κ1) is 12.1. The lowest BCUT2D eigenvalue weighted by molar-refractivity contribution is 0.535. The van der Waals surface area contributed by atoms with Crippen LogP contribution in [0, 0.1) is 6.92 Å². The average Bonchev–Trinajstić information content (AvgIpc) is 3.02. The molecular formula is C13H14N4OS. The second-order valence-electron chi connectivity index (χ2n) is 4.22. The molecule has 5 nitrogen and oxygen atoms in total. The number of anilines is 1. The molecule has 0 saturated heterocycles. The number of rotatable bonds is 3. The van der Waals surface area contributed by atoms with Crippen LogP contribution >= 0.6 is 11.3 Å². The van der Waals surface area contributed by atoms with Gasteiger partial charge in [-0.15, -0.1) is 11.3 Å². The standard InChI is InChI=1S/C13H14N4OS/c1-3-8-6-10-12(17-14)15-11(16-13(10)19-8)9-4-5-18-7(9)2/h4-6H,3,14H2,1-2H3,(H,15,16,17). The van der Waals surface area contributed by atoms with Crippen LogP contribution in [0.15, 0.2) is 22.8 Å². The van der Waals surface area contributed by atoms with Crippen molar-refractivity contribution < 1.29 is 4.42 Å². The van der Waals surface area contributed by atoms with E-state index in [1.54, 1.807) is 17.6 Å². The summed E-state index contributed by atoms with van der Waals surface area (Å²) in [5.74, 6) is 7.65. The Morgan fingerprint density at radius 2 is 2.26 bits per heavy atom. The molecule has 0 radical (unpaired) electrons. The van der Waals surface area contributed by atoms with E-state index in [4.69, 9.17) is 10.3 Å². The highest BCUT2D eigenvalue weighted by molar-refractivity contribution is 7.18. The fourth-order valence-corrected chi connectivity index (χ4v) is 2.96. The summed E-state index contributed by atoms with van der Waals surface area (Å²) in [4.78, 5) is 11.3. The SMILES string of the molecule is CCc1cc2c(NN)nc(-c3ccoc3C)nc2s1. The Morgan fingerprint density at radius 1 is 1.42 bits per heavy atom. The van der Waals surface area contributed by atoms with Crippen LogP contribution in [-0.2, 0) is 6.42 Å². The number of nitrogens with zero attached hydrogens (tertiary/aromatic N) is 2. The predicted molar refractivity (Wildman–Crippen MR) is 77.0 cm³/mol. The maximum absolute atomic E-state index is 5.57. The molecule has 3 N–H and O–H groups in total. The average molecular weight is 274 g/mol. The minimum absolute atomic E-state index is 0.635. The minimum Gasteiger partial charge on any atom is -0.469 e. The van der Waals surface area contributed by atoms with E-state index in [1.165, 1.54) is 4.88 Å². The molecule has 0 atom stereocenters. The van der Waals surface area contributed by atoms with E-state index in [0.29, 0.717) is 11.6 Å². The van der Waals surface area contributed by atoms with Crippen molar-refractivity contribution in [2.24, 2.45) is 5.84 Å². The molecule has 0 amide bonds. The highest BCUT2D eigenvalue weighted by Gasteiger charge is 2.14. The van der Waals surface area contributed by atoms with Crippen molar-refractivity contribution in [3.63, 3.8) is 0 Å². The Kier molecular flexibility index (Phi) is 2.96. The highest BCUT2D eigenvalue weighted by Crippen LogP contribution is 2.32. The smallest absolute Gasteiger partial charge is 0.166 e. The van der Waals surface area contributed by atoms with Crippen LogP contribution in [-0.4, -0.2) is 9.97 Å². The summed E-state index contributed by atoms with van der Waals surface area (Å²) in [5, 5.41) is 0.967. The normalized spacial score (nSPS) is 11.1. The highest BCUT2D eigenvalue weighted by atomic mass is 32.1. The number of nitrogen functional groups attached to an aromatic ring is 1. The molecule has 19 heavy (non-hydrogen) atoms. The van der Waals surface area contributed by atoms with Crippen LogP contribution < -0.4 is 11.3 Å². The molecule has 3 aromatic rings.